The number of aliphatic carboxylic acids is 2. The fourth-order valence-corrected chi connectivity index (χ4v) is 2.20. The van der Waals surface area contributed by atoms with Gasteiger partial charge >= 0.3 is 11.9 Å². The summed E-state index contributed by atoms with van der Waals surface area (Å²) in [5.74, 6) is -2.71. The van der Waals surface area contributed by atoms with Gasteiger partial charge in [0.25, 0.3) is 0 Å². The molecule has 0 aromatic heterocycles. The Hall–Kier alpha value is -1.39. The second-order valence-electron chi connectivity index (χ2n) is 4.75. The van der Waals surface area contributed by atoms with Crippen LogP contribution in [0, 0.1) is 3.57 Å². The van der Waals surface area contributed by atoms with E-state index in [1.807, 2.05) is 12.1 Å². The third-order valence-electron chi connectivity index (χ3n) is 2.94. The molecule has 7 nitrogen and oxygen atoms in total. The summed E-state index contributed by atoms with van der Waals surface area (Å²) >= 11 is 2.29. The molecule has 0 spiro atoms. The quantitative estimate of drug-likeness (QED) is 0.353. The van der Waals surface area contributed by atoms with E-state index >= 15 is 0 Å². The van der Waals surface area contributed by atoms with Crippen LogP contribution < -0.4 is 10.1 Å². The van der Waals surface area contributed by atoms with Gasteiger partial charge in [0, 0.05) is 23.3 Å². The van der Waals surface area contributed by atoms with Gasteiger partial charge in [-0.3, -0.25) is 0 Å². The first-order valence-corrected chi connectivity index (χ1v) is 8.24. The van der Waals surface area contributed by atoms with Crippen molar-refractivity contribution in [2.24, 2.45) is 0 Å². The van der Waals surface area contributed by atoms with Crippen LogP contribution in [-0.4, -0.2) is 54.6 Å². The summed E-state index contributed by atoms with van der Waals surface area (Å²) in [6.07, 6.45) is 2.80. The molecule has 0 saturated carbocycles. The number of hydrogen-bond acceptors (Lipinski definition) is 5. The average molecular weight is 437 g/mol. The monoisotopic (exact) mass is 437 g/mol. The largest absolute Gasteiger partial charge is 0.492 e. The van der Waals surface area contributed by atoms with Crippen LogP contribution in [0.15, 0.2) is 24.3 Å². The molecule has 1 aliphatic heterocycles. The minimum atomic E-state index is -1.82. The fraction of sp³-hybridized carbons (Fsp3) is 0.467. The van der Waals surface area contributed by atoms with Crippen LogP contribution in [0.4, 0.5) is 0 Å². The molecule has 1 unspecified atom stereocenters. The topological polar surface area (TPSA) is 105 Å². The van der Waals surface area contributed by atoms with Crippen LogP contribution in [0.3, 0.4) is 0 Å². The van der Waals surface area contributed by atoms with Crippen LogP contribution in [0.2, 0.25) is 0 Å². The van der Waals surface area contributed by atoms with Gasteiger partial charge in [-0.05, 0) is 59.7 Å². The zero-order valence-corrected chi connectivity index (χ0v) is 14.7. The first kappa shape index (κ1) is 19.7. The van der Waals surface area contributed by atoms with Gasteiger partial charge in [0.1, 0.15) is 12.4 Å². The Morgan fingerprint density at radius 3 is 2.43 bits per heavy atom. The Morgan fingerprint density at radius 2 is 1.91 bits per heavy atom. The lowest BCUT2D eigenvalue weighted by atomic mass is 10.2. The molecular formula is C15H20INO6. The first-order valence-electron chi connectivity index (χ1n) is 7.16. The number of ether oxygens (including phenoxy) is 2. The third-order valence-corrected chi connectivity index (χ3v) is 3.66. The van der Waals surface area contributed by atoms with Gasteiger partial charge in [0.15, 0.2) is 0 Å². The van der Waals surface area contributed by atoms with Crippen molar-refractivity contribution in [1.82, 2.24) is 5.32 Å². The Kier molecular flexibility index (Phi) is 9.57. The van der Waals surface area contributed by atoms with Crippen molar-refractivity contribution in [3.8, 4) is 5.75 Å². The van der Waals surface area contributed by atoms with Gasteiger partial charge in [-0.1, -0.05) is 0 Å². The molecule has 0 aliphatic carbocycles. The van der Waals surface area contributed by atoms with E-state index in [1.165, 1.54) is 16.4 Å². The number of carboxylic acid groups (broad SMARTS) is 2. The Balaban J connectivity index is 0.000000379. The summed E-state index contributed by atoms with van der Waals surface area (Å²) in [6.45, 7) is 3.43. The highest BCUT2D eigenvalue weighted by Gasteiger charge is 2.14. The number of halogens is 1. The van der Waals surface area contributed by atoms with Crippen molar-refractivity contribution in [2.75, 3.05) is 26.3 Å². The summed E-state index contributed by atoms with van der Waals surface area (Å²) in [7, 11) is 0. The number of nitrogens with one attached hydrogen (secondary N) is 1. The fourth-order valence-electron chi connectivity index (χ4n) is 1.84. The smallest absolute Gasteiger partial charge is 0.414 e. The lowest BCUT2D eigenvalue weighted by Gasteiger charge is -2.11. The number of rotatable bonds is 6. The molecule has 3 N–H and O–H groups in total. The van der Waals surface area contributed by atoms with E-state index in [0.29, 0.717) is 12.7 Å². The highest BCUT2D eigenvalue weighted by atomic mass is 127. The predicted molar refractivity (Wildman–Crippen MR) is 91.8 cm³/mol. The molecule has 1 atom stereocenters. The lowest BCUT2D eigenvalue weighted by Crippen LogP contribution is -2.29. The molecule has 23 heavy (non-hydrogen) atoms. The highest BCUT2D eigenvalue weighted by Crippen LogP contribution is 2.13. The average Bonchev–Trinajstić information content (AvgIpc) is 3.02. The molecule has 1 saturated heterocycles. The van der Waals surface area contributed by atoms with E-state index in [0.717, 1.165) is 25.4 Å². The van der Waals surface area contributed by atoms with Crippen molar-refractivity contribution in [1.29, 1.82) is 0 Å². The van der Waals surface area contributed by atoms with E-state index < -0.39 is 11.9 Å². The molecule has 128 valence electrons. The summed E-state index contributed by atoms with van der Waals surface area (Å²) < 4.78 is 12.4. The van der Waals surface area contributed by atoms with Crippen LogP contribution in [0.25, 0.3) is 0 Å². The number of benzene rings is 1. The van der Waals surface area contributed by atoms with Crippen molar-refractivity contribution in [2.45, 2.75) is 18.9 Å². The van der Waals surface area contributed by atoms with Crippen molar-refractivity contribution in [3.05, 3.63) is 27.8 Å². The second-order valence-corrected chi connectivity index (χ2v) is 6.00. The van der Waals surface area contributed by atoms with Gasteiger partial charge in [0.05, 0.1) is 6.10 Å². The van der Waals surface area contributed by atoms with Crippen molar-refractivity contribution in [3.63, 3.8) is 0 Å². The molecule has 0 amide bonds. The molecule has 2 rings (SSSR count). The Bertz CT molecular complexity index is 475. The lowest BCUT2D eigenvalue weighted by molar-refractivity contribution is -0.159. The van der Waals surface area contributed by atoms with E-state index in [4.69, 9.17) is 29.3 Å². The number of carboxylic acids is 2. The maximum Gasteiger partial charge on any atom is 0.414 e. The van der Waals surface area contributed by atoms with Gasteiger partial charge in [-0.15, -0.1) is 0 Å². The molecule has 1 aliphatic rings. The van der Waals surface area contributed by atoms with Crippen LogP contribution in [0.5, 0.6) is 5.75 Å². The molecule has 1 fully saturated rings. The molecule has 1 heterocycles. The van der Waals surface area contributed by atoms with Crippen molar-refractivity contribution >= 4 is 34.5 Å². The summed E-state index contributed by atoms with van der Waals surface area (Å²) in [4.78, 5) is 18.2. The van der Waals surface area contributed by atoms with Gasteiger partial charge in [-0.2, -0.15) is 0 Å². The van der Waals surface area contributed by atoms with E-state index in [2.05, 4.69) is 40.0 Å². The number of hydrogen-bond donors (Lipinski definition) is 3. The normalized spacial score (nSPS) is 16.3. The molecule has 1 aromatic carbocycles. The zero-order valence-electron chi connectivity index (χ0n) is 12.5. The summed E-state index contributed by atoms with van der Waals surface area (Å²) in [5, 5.41) is 18.1. The van der Waals surface area contributed by atoms with Crippen molar-refractivity contribution < 1.29 is 29.3 Å². The van der Waals surface area contributed by atoms with Crippen LogP contribution in [0.1, 0.15) is 12.8 Å². The highest BCUT2D eigenvalue weighted by molar-refractivity contribution is 14.1. The van der Waals surface area contributed by atoms with E-state index in [9.17, 15) is 0 Å². The summed E-state index contributed by atoms with van der Waals surface area (Å²) in [6, 6.07) is 8.11. The Morgan fingerprint density at radius 1 is 1.26 bits per heavy atom. The minimum absolute atomic E-state index is 0.410. The third kappa shape index (κ3) is 9.36. The van der Waals surface area contributed by atoms with E-state index in [1.54, 1.807) is 0 Å². The first-order chi connectivity index (χ1) is 11.0. The van der Waals surface area contributed by atoms with E-state index in [-0.39, 0.29) is 0 Å². The molecule has 0 bridgehead atoms. The van der Waals surface area contributed by atoms with Crippen LogP contribution >= 0.6 is 22.6 Å². The molecule has 8 heteroatoms. The standard InChI is InChI=1S/C13H18INO2.C2H2O4/c14-11-3-5-12(6-4-11)17-9-7-15-10-13-2-1-8-16-13;3-1(4)2(5)6/h3-6,13,15H,1-2,7-10H2;(H,3,4)(H,5,6). The zero-order chi connectivity index (χ0) is 17.1. The molecular weight excluding hydrogens is 417 g/mol. The second kappa shape index (κ2) is 11.2. The molecule has 0 radical (unpaired) electrons. The number of carbonyl (C=O) groups is 2. The van der Waals surface area contributed by atoms with Gasteiger partial charge < -0.3 is 25.0 Å². The maximum absolute atomic E-state index is 9.10. The predicted octanol–water partition coefficient (Wildman–Crippen LogP) is 1.59. The minimum Gasteiger partial charge on any atom is -0.492 e. The summed E-state index contributed by atoms with van der Waals surface area (Å²) in [5.41, 5.74) is 0. The van der Waals surface area contributed by atoms with Gasteiger partial charge in [-0.25, -0.2) is 9.59 Å². The molecule has 1 aromatic rings. The maximum atomic E-state index is 9.10. The SMILES string of the molecule is Ic1ccc(OCCNCC2CCCO2)cc1.O=C(O)C(=O)O. The Labute approximate surface area is 148 Å². The van der Waals surface area contributed by atoms with Gasteiger partial charge in [0.2, 0.25) is 0 Å². The van der Waals surface area contributed by atoms with Crippen LogP contribution in [-0.2, 0) is 14.3 Å².